The molecule has 3 heterocycles. The fourth-order valence-electron chi connectivity index (χ4n) is 4.33. The number of rotatable bonds is 6. The van der Waals surface area contributed by atoms with Crippen molar-refractivity contribution >= 4 is 11.8 Å². The zero-order chi connectivity index (χ0) is 23.0. The number of nitrogens with zero attached hydrogens (tertiary/aromatic N) is 4. The summed E-state index contributed by atoms with van der Waals surface area (Å²) in [6, 6.07) is 15.6. The van der Waals surface area contributed by atoms with Crippen LogP contribution in [0, 0.1) is 5.92 Å². The second-order valence-electron chi connectivity index (χ2n) is 8.47. The predicted octanol–water partition coefficient (Wildman–Crippen LogP) is 3.31. The van der Waals surface area contributed by atoms with E-state index in [0.29, 0.717) is 30.1 Å². The summed E-state index contributed by atoms with van der Waals surface area (Å²) in [5.74, 6) is 0.276. The molecule has 0 radical (unpaired) electrons. The second-order valence-corrected chi connectivity index (χ2v) is 8.47. The molecular weight excluding hydrogens is 414 g/mol. The van der Waals surface area contributed by atoms with Gasteiger partial charge in [-0.25, -0.2) is 9.97 Å². The monoisotopic (exact) mass is 443 g/mol. The third-order valence-electron chi connectivity index (χ3n) is 6.11. The third-order valence-corrected chi connectivity index (χ3v) is 6.11. The summed E-state index contributed by atoms with van der Waals surface area (Å²) in [5.41, 5.74) is 4.03. The Bertz CT molecular complexity index is 1100. The van der Waals surface area contributed by atoms with E-state index in [-0.39, 0.29) is 11.8 Å². The van der Waals surface area contributed by atoms with Crippen molar-refractivity contribution in [3.63, 3.8) is 0 Å². The Balaban J connectivity index is 1.37. The van der Waals surface area contributed by atoms with Crippen LogP contribution in [0.1, 0.15) is 57.1 Å². The van der Waals surface area contributed by atoms with E-state index in [0.717, 1.165) is 43.6 Å². The van der Waals surface area contributed by atoms with Crippen LogP contribution < -0.4 is 5.32 Å². The van der Waals surface area contributed by atoms with Crippen molar-refractivity contribution in [3.05, 3.63) is 89.3 Å². The minimum Gasteiger partial charge on any atom is -0.354 e. The van der Waals surface area contributed by atoms with Gasteiger partial charge in [0.25, 0.3) is 11.8 Å². The number of hydrogen-bond donors (Lipinski definition) is 1. The summed E-state index contributed by atoms with van der Waals surface area (Å²) < 4.78 is 0. The van der Waals surface area contributed by atoms with Gasteiger partial charge in [0.15, 0.2) is 0 Å². The number of likely N-dealkylation sites (tertiary alicyclic amines) is 1. The van der Waals surface area contributed by atoms with Gasteiger partial charge in [-0.3, -0.25) is 14.6 Å². The lowest BCUT2D eigenvalue weighted by Crippen LogP contribution is -2.32. The normalized spacial score (nSPS) is 16.2. The molecule has 7 nitrogen and oxygen atoms in total. The third kappa shape index (κ3) is 6.00. The van der Waals surface area contributed by atoms with Gasteiger partial charge in [0, 0.05) is 49.7 Å². The van der Waals surface area contributed by atoms with Crippen LogP contribution in [0.4, 0.5) is 0 Å². The lowest BCUT2D eigenvalue weighted by atomic mass is 9.95. The summed E-state index contributed by atoms with van der Waals surface area (Å²) in [4.78, 5) is 39.9. The Labute approximate surface area is 194 Å². The zero-order valence-corrected chi connectivity index (χ0v) is 18.9. The highest BCUT2D eigenvalue weighted by atomic mass is 16.2. The molecule has 1 aliphatic heterocycles. The van der Waals surface area contributed by atoms with E-state index < -0.39 is 0 Å². The number of pyridine rings is 1. The maximum absolute atomic E-state index is 13.2. The molecule has 1 aliphatic rings. The molecule has 1 aromatic carbocycles. The minimum atomic E-state index is -0.208. The van der Waals surface area contributed by atoms with Crippen molar-refractivity contribution in [2.75, 3.05) is 20.1 Å². The lowest BCUT2D eigenvalue weighted by molar-refractivity contribution is 0.0759. The van der Waals surface area contributed by atoms with E-state index in [1.54, 1.807) is 25.4 Å². The van der Waals surface area contributed by atoms with Crippen LogP contribution in [0.15, 0.2) is 61.1 Å². The SMILES string of the molecule is CNC(=O)c1cc(C[C@H]2CCCN(C(=O)c3ccnc(Cc4ccccc4)c3)CC2)ncn1. The fraction of sp³-hybridized carbons (Fsp3) is 0.346. The van der Waals surface area contributed by atoms with Gasteiger partial charge in [-0.05, 0) is 55.4 Å². The van der Waals surface area contributed by atoms with Crippen LogP contribution in [0.2, 0.25) is 0 Å². The standard InChI is InChI=1S/C26H29N5O2/c1-27-25(32)24-17-23(29-18-30-24)15-20-8-5-12-31(13-10-20)26(33)21-9-11-28-22(16-21)14-19-6-3-2-4-7-19/h2-4,6-7,9,11,16-18,20H,5,8,10,12-15H2,1H3,(H,27,32)/t20-/m0/s1. The van der Waals surface area contributed by atoms with Crippen LogP contribution in [0.5, 0.6) is 0 Å². The van der Waals surface area contributed by atoms with Crippen LogP contribution in [0.3, 0.4) is 0 Å². The first-order valence-electron chi connectivity index (χ1n) is 11.4. The van der Waals surface area contributed by atoms with E-state index in [9.17, 15) is 9.59 Å². The Hall–Kier alpha value is -3.61. The molecular formula is C26H29N5O2. The van der Waals surface area contributed by atoms with Gasteiger partial charge in [-0.1, -0.05) is 30.3 Å². The summed E-state index contributed by atoms with van der Waals surface area (Å²) in [5, 5.41) is 2.60. The molecule has 1 fully saturated rings. The maximum atomic E-state index is 13.2. The molecule has 3 aromatic rings. The first-order chi connectivity index (χ1) is 16.1. The molecule has 33 heavy (non-hydrogen) atoms. The van der Waals surface area contributed by atoms with Crippen molar-refractivity contribution in [2.24, 2.45) is 5.92 Å². The highest BCUT2D eigenvalue weighted by molar-refractivity contribution is 5.94. The van der Waals surface area contributed by atoms with Crippen LogP contribution >= 0.6 is 0 Å². The summed E-state index contributed by atoms with van der Waals surface area (Å²) in [6.07, 6.45) is 7.55. The van der Waals surface area contributed by atoms with E-state index in [4.69, 9.17) is 0 Å². The molecule has 1 saturated heterocycles. The number of aromatic nitrogens is 3. The van der Waals surface area contributed by atoms with Crippen LogP contribution in [-0.2, 0) is 12.8 Å². The molecule has 170 valence electrons. The number of carbonyl (C=O) groups excluding carboxylic acids is 2. The van der Waals surface area contributed by atoms with Gasteiger partial charge in [0.05, 0.1) is 0 Å². The quantitative estimate of drug-likeness (QED) is 0.632. The van der Waals surface area contributed by atoms with Gasteiger partial charge in [-0.15, -0.1) is 0 Å². The van der Waals surface area contributed by atoms with Gasteiger partial charge < -0.3 is 10.2 Å². The number of benzene rings is 1. The molecule has 0 spiro atoms. The van der Waals surface area contributed by atoms with Gasteiger partial charge >= 0.3 is 0 Å². The first-order valence-corrected chi connectivity index (χ1v) is 11.4. The zero-order valence-electron chi connectivity index (χ0n) is 18.9. The molecule has 1 atom stereocenters. The molecule has 2 amide bonds. The van der Waals surface area contributed by atoms with E-state index in [2.05, 4.69) is 32.4 Å². The molecule has 7 heteroatoms. The Morgan fingerprint density at radius 1 is 1.00 bits per heavy atom. The van der Waals surface area contributed by atoms with Crippen molar-refractivity contribution in [3.8, 4) is 0 Å². The Morgan fingerprint density at radius 3 is 2.67 bits per heavy atom. The van der Waals surface area contributed by atoms with Crippen molar-refractivity contribution in [1.82, 2.24) is 25.2 Å². The summed E-state index contributed by atoms with van der Waals surface area (Å²) >= 11 is 0. The van der Waals surface area contributed by atoms with Gasteiger partial charge in [-0.2, -0.15) is 0 Å². The predicted molar refractivity (Wildman–Crippen MR) is 126 cm³/mol. The van der Waals surface area contributed by atoms with E-state index in [1.807, 2.05) is 29.2 Å². The molecule has 0 unspecified atom stereocenters. The van der Waals surface area contributed by atoms with Crippen LogP contribution in [0.25, 0.3) is 0 Å². The fourth-order valence-corrected chi connectivity index (χ4v) is 4.33. The first kappa shape index (κ1) is 22.6. The second kappa shape index (κ2) is 10.8. The molecule has 0 saturated carbocycles. The Kier molecular flexibility index (Phi) is 7.40. The number of carbonyl (C=O) groups is 2. The van der Waals surface area contributed by atoms with Crippen LogP contribution in [-0.4, -0.2) is 51.8 Å². The smallest absolute Gasteiger partial charge is 0.269 e. The molecule has 1 N–H and O–H groups in total. The highest BCUT2D eigenvalue weighted by Gasteiger charge is 2.23. The Morgan fingerprint density at radius 2 is 1.85 bits per heavy atom. The van der Waals surface area contributed by atoms with Gasteiger partial charge in [0.1, 0.15) is 12.0 Å². The van der Waals surface area contributed by atoms with Gasteiger partial charge in [0.2, 0.25) is 0 Å². The lowest BCUT2D eigenvalue weighted by Gasteiger charge is -2.21. The van der Waals surface area contributed by atoms with Crippen molar-refractivity contribution < 1.29 is 9.59 Å². The molecule has 0 bridgehead atoms. The number of nitrogens with one attached hydrogen (secondary N) is 1. The van der Waals surface area contributed by atoms with E-state index >= 15 is 0 Å². The number of amides is 2. The topological polar surface area (TPSA) is 88.1 Å². The number of hydrogen-bond acceptors (Lipinski definition) is 5. The summed E-state index contributed by atoms with van der Waals surface area (Å²) in [7, 11) is 1.59. The molecule has 4 rings (SSSR count). The average Bonchev–Trinajstić information content (AvgIpc) is 3.09. The largest absolute Gasteiger partial charge is 0.354 e. The van der Waals surface area contributed by atoms with E-state index in [1.165, 1.54) is 11.9 Å². The minimum absolute atomic E-state index is 0.0660. The molecule has 0 aliphatic carbocycles. The average molecular weight is 444 g/mol. The maximum Gasteiger partial charge on any atom is 0.269 e. The molecule has 2 aromatic heterocycles. The van der Waals surface area contributed by atoms with Crippen molar-refractivity contribution in [1.29, 1.82) is 0 Å². The summed E-state index contributed by atoms with van der Waals surface area (Å²) in [6.45, 7) is 1.46. The van der Waals surface area contributed by atoms with Crippen molar-refractivity contribution in [2.45, 2.75) is 32.1 Å². The highest BCUT2D eigenvalue weighted by Crippen LogP contribution is 2.23.